The third-order valence-corrected chi connectivity index (χ3v) is 7.29. The van der Waals surface area contributed by atoms with Crippen LogP contribution in [0.2, 0.25) is 0 Å². The van der Waals surface area contributed by atoms with E-state index in [0.717, 1.165) is 22.1 Å². The molecule has 1 N–H and O–H groups in total. The molecule has 8 nitrogen and oxygen atoms in total. The number of hydrogen-bond donors (Lipinski definition) is 1. The van der Waals surface area contributed by atoms with E-state index >= 15 is 0 Å². The first-order chi connectivity index (χ1) is 17.0. The summed E-state index contributed by atoms with van der Waals surface area (Å²) in [4.78, 5) is 34.1. The minimum Gasteiger partial charge on any atom is -0.469 e. The summed E-state index contributed by atoms with van der Waals surface area (Å²) in [6.45, 7) is 2.06. The van der Waals surface area contributed by atoms with Gasteiger partial charge in [-0.05, 0) is 47.4 Å². The molecule has 8 heteroatoms. The third kappa shape index (κ3) is 4.57. The second-order valence-corrected chi connectivity index (χ2v) is 9.33. The normalized spacial score (nSPS) is 20.1. The second kappa shape index (κ2) is 9.81. The number of carbonyl (C=O) groups excluding carboxylic acids is 2. The van der Waals surface area contributed by atoms with Crippen molar-refractivity contribution in [3.05, 3.63) is 71.7 Å². The van der Waals surface area contributed by atoms with Gasteiger partial charge in [0.05, 0.1) is 25.1 Å². The minimum atomic E-state index is -0.739. The van der Waals surface area contributed by atoms with Crippen molar-refractivity contribution >= 4 is 22.6 Å². The highest BCUT2D eigenvalue weighted by molar-refractivity contribution is 5.88. The smallest absolute Gasteiger partial charge is 0.311 e. The molecular formula is C27H30N2O6. The average Bonchev–Trinajstić information content (AvgIpc) is 3.45. The van der Waals surface area contributed by atoms with Crippen molar-refractivity contribution in [3.8, 4) is 0 Å². The predicted octanol–water partition coefficient (Wildman–Crippen LogP) is 3.41. The van der Waals surface area contributed by atoms with Gasteiger partial charge in [-0.1, -0.05) is 36.4 Å². The molecule has 2 fully saturated rings. The summed E-state index contributed by atoms with van der Waals surface area (Å²) in [6.07, 6.45) is 1.26. The number of ether oxygens (including phenoxy) is 1. The van der Waals surface area contributed by atoms with E-state index in [0.29, 0.717) is 38.2 Å². The average molecular weight is 479 g/mol. The van der Waals surface area contributed by atoms with E-state index < -0.39 is 11.5 Å². The number of aliphatic hydroxyl groups excluding tert-OH is 1. The van der Waals surface area contributed by atoms with Crippen LogP contribution in [0.5, 0.6) is 0 Å². The molecule has 2 aliphatic rings. The number of furan rings is 1. The lowest BCUT2D eigenvalue weighted by Crippen LogP contribution is -2.57. The molecule has 2 saturated heterocycles. The van der Waals surface area contributed by atoms with Crippen molar-refractivity contribution in [1.82, 2.24) is 9.96 Å². The van der Waals surface area contributed by atoms with Crippen molar-refractivity contribution < 1.29 is 28.7 Å². The van der Waals surface area contributed by atoms with Crippen molar-refractivity contribution in [2.75, 3.05) is 20.2 Å². The number of amides is 1. The van der Waals surface area contributed by atoms with Gasteiger partial charge < -0.3 is 14.3 Å². The van der Waals surface area contributed by atoms with Gasteiger partial charge in [-0.3, -0.25) is 19.3 Å². The first kappa shape index (κ1) is 23.5. The Balaban J connectivity index is 1.32. The van der Waals surface area contributed by atoms with Gasteiger partial charge in [0.15, 0.2) is 0 Å². The van der Waals surface area contributed by atoms with Gasteiger partial charge in [0.25, 0.3) is 0 Å². The quantitative estimate of drug-likeness (QED) is 0.520. The van der Waals surface area contributed by atoms with Crippen LogP contribution in [0.25, 0.3) is 10.8 Å². The summed E-state index contributed by atoms with van der Waals surface area (Å²) in [5.41, 5.74) is 0.222. The molecule has 1 spiro atoms. The van der Waals surface area contributed by atoms with Crippen LogP contribution in [-0.2, 0) is 38.9 Å². The Bertz CT molecular complexity index is 1210. The minimum absolute atomic E-state index is 0.0858. The summed E-state index contributed by atoms with van der Waals surface area (Å²) < 4.78 is 10.7. The third-order valence-electron chi connectivity index (χ3n) is 7.29. The fraction of sp³-hybridized carbons (Fsp3) is 0.407. The van der Waals surface area contributed by atoms with E-state index in [1.54, 1.807) is 6.07 Å². The van der Waals surface area contributed by atoms with Gasteiger partial charge in [-0.15, -0.1) is 0 Å². The molecule has 2 aromatic carbocycles. The number of likely N-dealkylation sites (tertiary alicyclic amines) is 1. The molecule has 1 atom stereocenters. The first-order valence-corrected chi connectivity index (χ1v) is 11.9. The van der Waals surface area contributed by atoms with Crippen LogP contribution >= 0.6 is 0 Å². The zero-order valence-electron chi connectivity index (χ0n) is 19.8. The largest absolute Gasteiger partial charge is 0.469 e. The summed E-state index contributed by atoms with van der Waals surface area (Å²) in [5.74, 6) is 0.189. The number of hydrogen-bond acceptors (Lipinski definition) is 7. The Morgan fingerprint density at radius 3 is 2.54 bits per heavy atom. The summed E-state index contributed by atoms with van der Waals surface area (Å²) >= 11 is 0. The Hall–Kier alpha value is -3.20. The fourth-order valence-electron chi connectivity index (χ4n) is 5.41. The predicted molar refractivity (Wildman–Crippen MR) is 128 cm³/mol. The van der Waals surface area contributed by atoms with E-state index in [2.05, 4.69) is 17.0 Å². The van der Waals surface area contributed by atoms with Gasteiger partial charge in [0, 0.05) is 19.5 Å². The molecule has 0 saturated carbocycles. The van der Waals surface area contributed by atoms with Crippen LogP contribution in [-0.4, -0.2) is 52.7 Å². The molecule has 1 aromatic heterocycles. The highest BCUT2D eigenvalue weighted by Crippen LogP contribution is 2.45. The van der Waals surface area contributed by atoms with Crippen molar-refractivity contribution in [2.45, 2.75) is 44.6 Å². The molecule has 1 unspecified atom stereocenters. The standard InChI is InChI=1S/C27H30N2O6/c1-33-26(32)24-15-25(31)29(34-18-19-6-7-20-4-2-3-5-21(20)14-19)27(24)10-12-28(13-11-27)16-22-8-9-23(17-30)35-22/h2-9,14,24,30H,10-13,15-18H2,1H3. The molecule has 3 heterocycles. The van der Waals surface area contributed by atoms with Crippen LogP contribution < -0.4 is 0 Å². The van der Waals surface area contributed by atoms with E-state index in [4.69, 9.17) is 14.0 Å². The number of methoxy groups -OCH3 is 1. The first-order valence-electron chi connectivity index (χ1n) is 11.9. The maximum atomic E-state index is 13.1. The molecule has 3 aromatic rings. The van der Waals surface area contributed by atoms with Crippen LogP contribution in [0.1, 0.15) is 36.3 Å². The lowest BCUT2D eigenvalue weighted by Gasteiger charge is -2.45. The van der Waals surface area contributed by atoms with Gasteiger partial charge in [-0.25, -0.2) is 5.06 Å². The molecular weight excluding hydrogens is 448 g/mol. The van der Waals surface area contributed by atoms with E-state index in [1.807, 2.05) is 36.4 Å². The van der Waals surface area contributed by atoms with Gasteiger partial charge in [-0.2, -0.15) is 0 Å². The number of rotatable bonds is 7. The fourth-order valence-corrected chi connectivity index (χ4v) is 5.41. The lowest BCUT2D eigenvalue weighted by molar-refractivity contribution is -0.229. The number of esters is 1. The summed E-state index contributed by atoms with van der Waals surface area (Å²) in [7, 11) is 1.36. The SMILES string of the molecule is COC(=O)C1CC(=O)N(OCc2ccc3ccccc3c2)C12CCN(Cc1ccc(CO)o1)CC2. The molecule has 2 aliphatic heterocycles. The molecule has 0 radical (unpaired) electrons. The summed E-state index contributed by atoms with van der Waals surface area (Å²) in [5, 5.41) is 13.0. The van der Waals surface area contributed by atoms with E-state index in [1.165, 1.54) is 12.2 Å². The second-order valence-electron chi connectivity index (χ2n) is 9.33. The van der Waals surface area contributed by atoms with Crippen molar-refractivity contribution in [2.24, 2.45) is 5.92 Å². The van der Waals surface area contributed by atoms with Gasteiger partial charge in [0.2, 0.25) is 5.91 Å². The van der Waals surface area contributed by atoms with E-state index in [9.17, 15) is 14.7 Å². The highest BCUT2D eigenvalue weighted by atomic mass is 16.7. The molecule has 5 rings (SSSR count). The Labute approximate surface area is 204 Å². The topological polar surface area (TPSA) is 92.5 Å². The maximum Gasteiger partial charge on any atom is 0.311 e. The Morgan fingerprint density at radius 2 is 1.83 bits per heavy atom. The van der Waals surface area contributed by atoms with Crippen LogP contribution in [0.3, 0.4) is 0 Å². The lowest BCUT2D eigenvalue weighted by atomic mass is 9.77. The zero-order valence-corrected chi connectivity index (χ0v) is 19.8. The zero-order chi connectivity index (χ0) is 24.4. The van der Waals surface area contributed by atoms with E-state index in [-0.39, 0.29) is 31.5 Å². The number of hydroxylamine groups is 2. The van der Waals surface area contributed by atoms with Crippen molar-refractivity contribution in [1.29, 1.82) is 0 Å². The summed E-state index contributed by atoms with van der Waals surface area (Å²) in [6, 6.07) is 17.8. The van der Waals surface area contributed by atoms with Crippen molar-refractivity contribution in [3.63, 3.8) is 0 Å². The van der Waals surface area contributed by atoms with Crippen LogP contribution in [0.15, 0.2) is 59.0 Å². The number of carbonyl (C=O) groups is 2. The highest BCUT2D eigenvalue weighted by Gasteiger charge is 2.58. The monoisotopic (exact) mass is 478 g/mol. The van der Waals surface area contributed by atoms with Crippen LogP contribution in [0.4, 0.5) is 0 Å². The molecule has 0 aliphatic carbocycles. The number of aliphatic hydroxyl groups is 1. The van der Waals surface area contributed by atoms with Gasteiger partial charge >= 0.3 is 5.97 Å². The number of fused-ring (bicyclic) bond motifs is 1. The Kier molecular flexibility index (Phi) is 6.60. The molecule has 1 amide bonds. The molecule has 184 valence electrons. The maximum absolute atomic E-state index is 13.1. The van der Waals surface area contributed by atoms with Gasteiger partial charge in [0.1, 0.15) is 24.7 Å². The number of nitrogens with zero attached hydrogens (tertiary/aromatic N) is 2. The molecule has 35 heavy (non-hydrogen) atoms. The Morgan fingerprint density at radius 1 is 1.09 bits per heavy atom. The molecule has 0 bridgehead atoms. The number of benzene rings is 2. The number of piperidine rings is 1. The van der Waals surface area contributed by atoms with Crippen LogP contribution in [0, 0.1) is 5.92 Å².